The van der Waals surface area contributed by atoms with Crippen molar-refractivity contribution >= 4 is 17.5 Å². The Kier molecular flexibility index (Phi) is 9.73. The molecule has 1 aliphatic heterocycles. The first-order valence-electron chi connectivity index (χ1n) is 12.5. The van der Waals surface area contributed by atoms with E-state index >= 15 is 0 Å². The van der Waals surface area contributed by atoms with Crippen molar-refractivity contribution < 1.29 is 23.8 Å². The number of methoxy groups -OCH3 is 2. The molecular formula is C28H39N3O5. The highest BCUT2D eigenvalue weighted by atomic mass is 16.5. The van der Waals surface area contributed by atoms with Gasteiger partial charge >= 0.3 is 0 Å². The number of carbonyl (C=O) groups excluding carboxylic acids is 2. The highest BCUT2D eigenvalue weighted by Gasteiger charge is 2.28. The summed E-state index contributed by atoms with van der Waals surface area (Å²) in [5.74, 6) is 0.846. The van der Waals surface area contributed by atoms with Crippen LogP contribution in [0.25, 0.3) is 0 Å². The Balaban J connectivity index is 1.91. The first-order valence-corrected chi connectivity index (χ1v) is 12.5. The number of rotatable bonds is 6. The van der Waals surface area contributed by atoms with Crippen LogP contribution < -0.4 is 14.8 Å². The number of hydrogen-bond acceptors (Lipinski definition) is 6. The molecular weight excluding hydrogens is 458 g/mol. The Hall–Kier alpha value is -3.10. The van der Waals surface area contributed by atoms with Gasteiger partial charge in [-0.3, -0.25) is 14.5 Å². The molecule has 0 spiro atoms. The van der Waals surface area contributed by atoms with E-state index < -0.39 is 0 Å². The van der Waals surface area contributed by atoms with Crippen LogP contribution in [0.2, 0.25) is 0 Å². The number of carbonyl (C=O) groups is 2. The molecule has 1 heterocycles. The fourth-order valence-electron chi connectivity index (χ4n) is 4.50. The third kappa shape index (κ3) is 6.77. The fourth-order valence-corrected chi connectivity index (χ4v) is 4.50. The first-order chi connectivity index (χ1) is 17.3. The van der Waals surface area contributed by atoms with Crippen molar-refractivity contribution in [3.05, 3.63) is 53.6 Å². The number of fused-ring (bicyclic) bond motifs is 1. The van der Waals surface area contributed by atoms with Gasteiger partial charge in [0.2, 0.25) is 0 Å². The molecule has 8 nitrogen and oxygen atoms in total. The third-order valence-corrected chi connectivity index (χ3v) is 6.67. The summed E-state index contributed by atoms with van der Waals surface area (Å²) in [5.41, 5.74) is 1.37. The highest BCUT2D eigenvalue weighted by molar-refractivity contribution is 6.05. The van der Waals surface area contributed by atoms with E-state index in [2.05, 4.69) is 31.0 Å². The maximum Gasteiger partial charge on any atom is 0.257 e. The summed E-state index contributed by atoms with van der Waals surface area (Å²) in [5, 5.41) is 2.89. The van der Waals surface area contributed by atoms with Crippen LogP contribution in [-0.4, -0.2) is 81.3 Å². The molecule has 0 radical (unpaired) electrons. The molecule has 0 saturated heterocycles. The predicted octanol–water partition coefficient (Wildman–Crippen LogP) is 4.16. The molecule has 1 N–H and O–H groups in total. The van der Waals surface area contributed by atoms with Crippen molar-refractivity contribution in [2.75, 3.05) is 52.8 Å². The summed E-state index contributed by atoms with van der Waals surface area (Å²) in [6, 6.07) is 12.3. The van der Waals surface area contributed by atoms with E-state index in [-0.39, 0.29) is 29.9 Å². The van der Waals surface area contributed by atoms with E-state index in [0.717, 1.165) is 19.5 Å². The van der Waals surface area contributed by atoms with Gasteiger partial charge in [-0.2, -0.15) is 0 Å². The van der Waals surface area contributed by atoms with Crippen LogP contribution in [0.15, 0.2) is 42.5 Å². The second kappa shape index (κ2) is 12.7. The van der Waals surface area contributed by atoms with Gasteiger partial charge in [-0.1, -0.05) is 19.9 Å². The van der Waals surface area contributed by atoms with Crippen LogP contribution in [0.3, 0.4) is 0 Å². The normalized spacial score (nSPS) is 21.6. The van der Waals surface area contributed by atoms with Crippen LogP contribution in [-0.2, 0) is 4.74 Å². The molecule has 0 bridgehead atoms. The van der Waals surface area contributed by atoms with Gasteiger partial charge in [0.25, 0.3) is 11.8 Å². The molecule has 2 aromatic rings. The lowest BCUT2D eigenvalue weighted by atomic mass is 10.0. The zero-order valence-electron chi connectivity index (χ0n) is 22.2. The molecule has 2 amide bonds. The molecule has 0 fully saturated rings. The van der Waals surface area contributed by atoms with E-state index in [1.807, 2.05) is 0 Å². The van der Waals surface area contributed by atoms with Crippen molar-refractivity contribution in [2.24, 2.45) is 5.92 Å². The second-order valence-corrected chi connectivity index (χ2v) is 9.49. The quantitative estimate of drug-likeness (QED) is 0.646. The standard InChI is InChI=1S/C28H39N3O5/c1-7-13-31-16-19(2)26(35-6)17-30(4)28(33)24-15-22(11-12-25(24)36-18-20(31)3)29-27(32)21-9-8-10-23(14-21)34-5/h8-12,14-15,19-20,26H,7,13,16-18H2,1-6H3,(H,29,32)/t19-,20-,26+/m1/s1. The summed E-state index contributed by atoms with van der Waals surface area (Å²) in [6.45, 7) is 9.20. The summed E-state index contributed by atoms with van der Waals surface area (Å²) in [6.07, 6.45) is 0.935. The van der Waals surface area contributed by atoms with Gasteiger partial charge in [-0.05, 0) is 62.2 Å². The van der Waals surface area contributed by atoms with Crippen molar-refractivity contribution in [1.82, 2.24) is 9.80 Å². The maximum absolute atomic E-state index is 13.5. The van der Waals surface area contributed by atoms with Crippen LogP contribution >= 0.6 is 0 Å². The van der Waals surface area contributed by atoms with Crippen LogP contribution in [0, 0.1) is 5.92 Å². The zero-order valence-corrected chi connectivity index (χ0v) is 22.2. The minimum Gasteiger partial charge on any atom is -0.497 e. The summed E-state index contributed by atoms with van der Waals surface area (Å²) < 4.78 is 17.2. The van der Waals surface area contributed by atoms with Crippen molar-refractivity contribution in [2.45, 2.75) is 39.3 Å². The molecule has 2 aromatic carbocycles. The van der Waals surface area contributed by atoms with E-state index in [1.54, 1.807) is 68.6 Å². The Bertz CT molecular complexity index is 1040. The Morgan fingerprint density at radius 3 is 2.61 bits per heavy atom. The highest BCUT2D eigenvalue weighted by Crippen LogP contribution is 2.27. The molecule has 8 heteroatoms. The lowest BCUT2D eigenvalue weighted by molar-refractivity contribution is 0.0108. The summed E-state index contributed by atoms with van der Waals surface area (Å²) >= 11 is 0. The van der Waals surface area contributed by atoms with Gasteiger partial charge in [0, 0.05) is 44.5 Å². The topological polar surface area (TPSA) is 80.3 Å². The van der Waals surface area contributed by atoms with Crippen LogP contribution in [0.4, 0.5) is 5.69 Å². The number of likely N-dealkylation sites (N-methyl/N-ethyl adjacent to an activating group) is 1. The van der Waals surface area contributed by atoms with E-state index in [4.69, 9.17) is 14.2 Å². The fraction of sp³-hybridized carbons (Fsp3) is 0.500. The molecule has 0 aliphatic carbocycles. The van der Waals surface area contributed by atoms with Crippen LogP contribution in [0.5, 0.6) is 11.5 Å². The second-order valence-electron chi connectivity index (χ2n) is 9.49. The van der Waals surface area contributed by atoms with Gasteiger partial charge in [0.15, 0.2) is 0 Å². The molecule has 0 saturated carbocycles. The third-order valence-electron chi connectivity index (χ3n) is 6.67. The van der Waals surface area contributed by atoms with E-state index in [0.29, 0.717) is 41.5 Å². The average molecular weight is 498 g/mol. The maximum atomic E-state index is 13.5. The number of anilines is 1. The molecule has 196 valence electrons. The number of hydrogen-bond donors (Lipinski definition) is 1. The smallest absolute Gasteiger partial charge is 0.257 e. The predicted molar refractivity (Wildman–Crippen MR) is 141 cm³/mol. The number of nitrogens with zero attached hydrogens (tertiary/aromatic N) is 2. The lowest BCUT2D eigenvalue weighted by Crippen LogP contribution is -2.46. The van der Waals surface area contributed by atoms with Crippen molar-refractivity contribution in [3.8, 4) is 11.5 Å². The zero-order chi connectivity index (χ0) is 26.2. The molecule has 36 heavy (non-hydrogen) atoms. The number of benzene rings is 2. The molecule has 3 atom stereocenters. The first kappa shape index (κ1) is 27.5. The number of ether oxygens (including phenoxy) is 3. The molecule has 3 rings (SSSR count). The minimum atomic E-state index is -0.291. The van der Waals surface area contributed by atoms with Gasteiger partial charge in [-0.25, -0.2) is 0 Å². The lowest BCUT2D eigenvalue weighted by Gasteiger charge is -2.35. The van der Waals surface area contributed by atoms with Crippen LogP contribution in [0.1, 0.15) is 47.9 Å². The largest absolute Gasteiger partial charge is 0.497 e. The van der Waals surface area contributed by atoms with E-state index in [9.17, 15) is 9.59 Å². The van der Waals surface area contributed by atoms with Crippen molar-refractivity contribution in [3.63, 3.8) is 0 Å². The number of amides is 2. The minimum absolute atomic E-state index is 0.106. The Morgan fingerprint density at radius 2 is 1.92 bits per heavy atom. The summed E-state index contributed by atoms with van der Waals surface area (Å²) in [7, 11) is 5.02. The number of nitrogens with one attached hydrogen (secondary N) is 1. The monoisotopic (exact) mass is 497 g/mol. The van der Waals surface area contributed by atoms with E-state index in [1.165, 1.54) is 0 Å². The SMILES string of the molecule is CCCN1C[C@@H](C)[C@@H](OC)CN(C)C(=O)c2cc(NC(=O)c3cccc(OC)c3)ccc2OC[C@H]1C. The van der Waals surface area contributed by atoms with Crippen molar-refractivity contribution in [1.29, 1.82) is 0 Å². The van der Waals surface area contributed by atoms with Gasteiger partial charge in [-0.15, -0.1) is 0 Å². The van der Waals surface area contributed by atoms with Gasteiger partial charge < -0.3 is 24.4 Å². The Labute approximate surface area is 214 Å². The Morgan fingerprint density at radius 1 is 1.14 bits per heavy atom. The van der Waals surface area contributed by atoms with Gasteiger partial charge in [0.1, 0.15) is 18.1 Å². The molecule has 0 unspecified atom stereocenters. The average Bonchev–Trinajstić information content (AvgIpc) is 2.89. The molecule has 1 aliphatic rings. The van der Waals surface area contributed by atoms with Gasteiger partial charge in [0.05, 0.1) is 18.8 Å². The molecule has 0 aromatic heterocycles. The summed E-state index contributed by atoms with van der Waals surface area (Å²) in [4.78, 5) is 30.4.